The second-order valence-corrected chi connectivity index (χ2v) is 5.57. The molecule has 1 heterocycles. The molecule has 0 saturated heterocycles. The van der Waals surface area contributed by atoms with E-state index < -0.39 is 7.54 Å². The number of hydrogen-bond acceptors (Lipinski definition) is 0. The van der Waals surface area contributed by atoms with Crippen LogP contribution in [0.25, 0.3) is 33.1 Å². The molecule has 0 spiro atoms. The molecular weight excluding hydrogens is 343 g/mol. The van der Waals surface area contributed by atoms with Gasteiger partial charge in [0.2, 0.25) is 0 Å². The third-order valence-corrected chi connectivity index (χ3v) is 3.91. The van der Waals surface area contributed by atoms with E-state index in [4.69, 9.17) is 4.42 Å². The van der Waals surface area contributed by atoms with Crippen molar-refractivity contribution in [1.82, 2.24) is 0 Å². The Bertz CT molecular complexity index is 1000. The van der Waals surface area contributed by atoms with Crippen molar-refractivity contribution in [3.63, 3.8) is 0 Å². The second-order valence-electron chi connectivity index (χ2n) is 5.57. The topological polar surface area (TPSA) is 11.3 Å². The summed E-state index contributed by atoms with van der Waals surface area (Å²) in [5, 5.41) is 3.69. The normalized spacial score (nSPS) is 10.0. The van der Waals surface area contributed by atoms with Crippen molar-refractivity contribution in [2.45, 2.75) is 6.92 Å². The van der Waals surface area contributed by atoms with E-state index in [1.54, 1.807) is 0 Å². The molecule has 0 aliphatic rings. The van der Waals surface area contributed by atoms with Crippen molar-refractivity contribution >= 4 is 29.3 Å². The van der Waals surface area contributed by atoms with Crippen LogP contribution in [0.4, 0.5) is 12.9 Å². The molecule has 4 aromatic rings. The molecule has 0 bridgehead atoms. The predicted octanol–water partition coefficient (Wildman–Crippen LogP) is 3.73. The van der Waals surface area contributed by atoms with Gasteiger partial charge in [-0.3, -0.25) is 12.9 Å². The minimum absolute atomic E-state index is 0. The Morgan fingerprint density at radius 3 is 2.12 bits per heavy atom. The van der Waals surface area contributed by atoms with Crippen LogP contribution in [0.15, 0.2) is 77.2 Å². The van der Waals surface area contributed by atoms with E-state index in [0.717, 1.165) is 16.9 Å². The summed E-state index contributed by atoms with van der Waals surface area (Å²) in [4.78, 5) is 0. The summed E-state index contributed by atoms with van der Waals surface area (Å²) in [7, 11) is -3.67. The Morgan fingerprint density at radius 2 is 1.42 bits per heavy atom. The van der Waals surface area contributed by atoms with Gasteiger partial charge in [-0.2, -0.15) is 0 Å². The van der Waals surface area contributed by atoms with E-state index in [2.05, 4.69) is 61.5 Å². The fourth-order valence-corrected chi connectivity index (χ4v) is 2.90. The van der Waals surface area contributed by atoms with Crippen LogP contribution in [-0.2, 0) is 0 Å². The molecular formula is C20H15BF4O. The van der Waals surface area contributed by atoms with Crippen LogP contribution in [-0.4, -0.2) is 7.54 Å². The molecule has 0 atom stereocenters. The van der Waals surface area contributed by atoms with Gasteiger partial charge in [-0.25, -0.2) is 4.42 Å². The first-order valence-electron chi connectivity index (χ1n) is 7.79. The van der Waals surface area contributed by atoms with Gasteiger partial charge in [-0.05, 0) is 41.5 Å². The van der Waals surface area contributed by atoms with Gasteiger partial charge in [0.1, 0.15) is 0 Å². The average molecular weight is 358 g/mol. The van der Waals surface area contributed by atoms with Crippen LogP contribution in [0.3, 0.4) is 0 Å². The van der Waals surface area contributed by atoms with Gasteiger partial charge in [0.05, 0.1) is 10.9 Å². The fourth-order valence-electron chi connectivity index (χ4n) is 2.90. The number of rotatable bonds is 1. The maximum Gasteiger partial charge on any atom is 0.762 e. The molecule has 0 amide bonds. The van der Waals surface area contributed by atoms with Gasteiger partial charge in [0, 0.05) is 12.1 Å². The molecule has 3 aromatic carbocycles. The highest BCUT2D eigenvalue weighted by Crippen LogP contribution is 2.32. The Hall–Kier alpha value is -2.89. The first-order chi connectivity index (χ1) is 12.1. The molecule has 6 heteroatoms. The first kappa shape index (κ1) is 19.4. The van der Waals surface area contributed by atoms with Crippen LogP contribution in [0.2, 0.25) is 0 Å². The maximum atomic E-state index is 9.67. The minimum atomic E-state index is -3.67. The van der Waals surface area contributed by atoms with E-state index in [1.165, 1.54) is 21.7 Å². The lowest BCUT2D eigenvalue weighted by Gasteiger charge is -2.02. The lowest BCUT2D eigenvalue weighted by molar-refractivity contribution is -0.00000819. The van der Waals surface area contributed by atoms with Gasteiger partial charge in [-0.1, -0.05) is 42.5 Å². The van der Waals surface area contributed by atoms with Crippen molar-refractivity contribution in [1.29, 1.82) is 0 Å². The van der Waals surface area contributed by atoms with E-state index in [9.17, 15) is 12.9 Å². The first-order valence-corrected chi connectivity index (χ1v) is 7.79. The van der Waals surface area contributed by atoms with E-state index in [1.807, 2.05) is 18.2 Å². The van der Waals surface area contributed by atoms with Gasteiger partial charge in [-0.15, -0.1) is 0 Å². The molecule has 0 unspecified atom stereocenters. The molecule has 4 rings (SSSR count). The summed E-state index contributed by atoms with van der Waals surface area (Å²) in [6, 6.07) is 25.0. The summed E-state index contributed by atoms with van der Waals surface area (Å²) in [5.41, 5.74) is 3.29. The fraction of sp³-hybridized carbons (Fsp3) is 0.0500. The highest BCUT2D eigenvalue weighted by atomic mass is 19.4. The van der Waals surface area contributed by atoms with Crippen LogP contribution in [0.5, 0.6) is 0 Å². The van der Waals surface area contributed by atoms with Crippen LogP contribution < -0.4 is 4.70 Å². The Balaban J connectivity index is 0.000000444. The molecule has 0 fully saturated rings. The molecule has 0 aliphatic heterocycles. The van der Waals surface area contributed by atoms with Gasteiger partial charge in [0.15, 0.2) is 0 Å². The summed E-state index contributed by atoms with van der Waals surface area (Å²) < 4.78 is 35.1. The molecule has 132 valence electrons. The van der Waals surface area contributed by atoms with Crippen LogP contribution in [0, 0.1) is 6.92 Å². The largest absolute Gasteiger partial charge is 1.00 e. The monoisotopic (exact) mass is 358 g/mol. The van der Waals surface area contributed by atoms with Crippen LogP contribution in [0.1, 0.15) is 5.56 Å². The number of hydrogen-bond donors (Lipinski definition) is 0. The third kappa shape index (κ3) is 4.20. The highest BCUT2D eigenvalue weighted by molar-refractivity contribution is 6.33. The van der Waals surface area contributed by atoms with Gasteiger partial charge >= 0.3 is 18.9 Å². The molecule has 0 saturated carbocycles. The Labute approximate surface area is 148 Å². The van der Waals surface area contributed by atoms with E-state index in [0.29, 0.717) is 0 Å². The molecule has 26 heavy (non-hydrogen) atoms. The van der Waals surface area contributed by atoms with E-state index in [-0.39, 0.29) is 4.70 Å². The molecule has 0 radical (unpaired) electrons. The SMILES string of the molecule is Cc1cc(-c2ccccc2)[o+]c2ccc3ccccc3c12.FB(F)F.[F-]. The number of aryl methyl sites for hydroxylation is 1. The standard InChI is InChI=1S/C20H15O.BF3.FH/c1-14-13-19(16-8-3-2-4-9-16)21-18-12-11-15-7-5-6-10-17(15)20(14)18;2-1(3)4;/h2-13H,1H3;;1H/q+1;;/p-1. The van der Waals surface area contributed by atoms with Crippen molar-refractivity contribution in [3.05, 3.63) is 78.4 Å². The van der Waals surface area contributed by atoms with Gasteiger partial charge < -0.3 is 4.70 Å². The zero-order valence-electron chi connectivity index (χ0n) is 13.9. The van der Waals surface area contributed by atoms with Crippen molar-refractivity contribution in [3.8, 4) is 11.3 Å². The summed E-state index contributed by atoms with van der Waals surface area (Å²) in [6.45, 7) is 2.15. The smallest absolute Gasteiger partial charge is 0.762 e. The second kappa shape index (κ2) is 8.47. The molecule has 1 aromatic heterocycles. The zero-order valence-corrected chi connectivity index (χ0v) is 13.9. The van der Waals surface area contributed by atoms with Gasteiger partial charge in [0.25, 0.3) is 0 Å². The number of fused-ring (bicyclic) bond motifs is 3. The number of benzene rings is 3. The third-order valence-electron chi connectivity index (χ3n) is 3.91. The van der Waals surface area contributed by atoms with Crippen LogP contribution >= 0.6 is 0 Å². The number of halogens is 4. The summed E-state index contributed by atoms with van der Waals surface area (Å²) in [5.74, 6) is 0.913. The quantitative estimate of drug-likeness (QED) is 0.218. The summed E-state index contributed by atoms with van der Waals surface area (Å²) >= 11 is 0. The lowest BCUT2D eigenvalue weighted by Crippen LogP contribution is -3.00. The molecule has 0 aliphatic carbocycles. The van der Waals surface area contributed by atoms with E-state index >= 15 is 0 Å². The average Bonchev–Trinajstić information content (AvgIpc) is 2.61. The maximum absolute atomic E-state index is 9.67. The minimum Gasteiger partial charge on any atom is -1.00 e. The van der Waals surface area contributed by atoms with Crippen molar-refractivity contribution < 1.29 is 22.1 Å². The highest BCUT2D eigenvalue weighted by Gasteiger charge is 2.18. The Morgan fingerprint density at radius 1 is 0.808 bits per heavy atom. The summed E-state index contributed by atoms with van der Waals surface area (Å²) in [6.07, 6.45) is 0. The molecule has 1 nitrogen and oxygen atoms in total. The van der Waals surface area contributed by atoms with Crippen molar-refractivity contribution in [2.24, 2.45) is 0 Å². The predicted molar refractivity (Wildman–Crippen MR) is 97.4 cm³/mol. The molecule has 0 N–H and O–H groups in total. The Kier molecular flexibility index (Phi) is 6.33. The lowest BCUT2D eigenvalue weighted by atomic mass is 10.0. The van der Waals surface area contributed by atoms with Crippen molar-refractivity contribution in [2.75, 3.05) is 0 Å². The zero-order chi connectivity index (χ0) is 17.8.